The lowest BCUT2D eigenvalue weighted by molar-refractivity contribution is -0.124. The molecular formula is C16H27N3O4. The predicted molar refractivity (Wildman–Crippen MR) is 85.0 cm³/mol. The molecule has 7 nitrogen and oxygen atoms in total. The van der Waals surface area contributed by atoms with E-state index in [0.717, 1.165) is 6.21 Å². The smallest absolute Gasteiger partial charge is 0.412 e. The minimum absolute atomic E-state index is 0.300. The molecule has 0 aliphatic carbocycles. The van der Waals surface area contributed by atoms with Crippen LogP contribution in [0.15, 0.2) is 0 Å². The summed E-state index contributed by atoms with van der Waals surface area (Å²) in [5, 5.41) is 0. The van der Waals surface area contributed by atoms with Crippen molar-refractivity contribution in [2.45, 2.75) is 72.3 Å². The molecule has 1 aliphatic rings. The highest BCUT2D eigenvalue weighted by molar-refractivity contribution is 6.27. The Morgan fingerprint density at radius 3 is 2.39 bits per heavy atom. The van der Waals surface area contributed by atoms with E-state index < -0.39 is 22.8 Å². The molecule has 0 unspecified atom stereocenters. The van der Waals surface area contributed by atoms with Crippen LogP contribution in [0.25, 0.3) is 5.53 Å². The average molecular weight is 325 g/mol. The molecule has 0 N–H and O–H groups in total. The maximum atomic E-state index is 12.5. The molecule has 1 atom stereocenters. The molecule has 1 heterocycles. The number of carbonyl (C=O) groups is 2. The Kier molecular flexibility index (Phi) is 5.39. The van der Waals surface area contributed by atoms with Gasteiger partial charge in [0.05, 0.1) is 12.6 Å². The van der Waals surface area contributed by atoms with E-state index in [4.69, 9.17) is 15.0 Å². The topological polar surface area (TPSA) is 92.2 Å². The van der Waals surface area contributed by atoms with E-state index >= 15 is 0 Å². The first kappa shape index (κ1) is 19.3. The number of Topliss-reactive ketones (excluding diaryl/α,β-unsaturated/α-hetero) is 1. The Balaban J connectivity index is 2.99. The number of carbonyl (C=O) groups excluding carboxylic acids is 2. The molecule has 1 saturated heterocycles. The van der Waals surface area contributed by atoms with Crippen LogP contribution in [-0.2, 0) is 14.3 Å². The maximum absolute atomic E-state index is 12.5. The number of amides is 1. The van der Waals surface area contributed by atoms with Gasteiger partial charge in [0.25, 0.3) is 0 Å². The molecule has 0 bridgehead atoms. The summed E-state index contributed by atoms with van der Waals surface area (Å²) in [4.78, 5) is 28.9. The Bertz CT molecular complexity index is 528. The van der Waals surface area contributed by atoms with Crippen molar-refractivity contribution < 1.29 is 23.9 Å². The number of ketones is 1. The zero-order valence-corrected chi connectivity index (χ0v) is 15.0. The van der Waals surface area contributed by atoms with Gasteiger partial charge in [-0.25, -0.2) is 4.79 Å². The first-order valence-corrected chi connectivity index (χ1v) is 7.68. The third-order valence-electron chi connectivity index (χ3n) is 3.75. The Labute approximate surface area is 137 Å². The first-order chi connectivity index (χ1) is 10.3. The van der Waals surface area contributed by atoms with Gasteiger partial charge in [-0.05, 0) is 41.0 Å². The predicted octanol–water partition coefficient (Wildman–Crippen LogP) is 2.64. The van der Waals surface area contributed by atoms with Crippen LogP contribution in [0.4, 0.5) is 4.79 Å². The lowest BCUT2D eigenvalue weighted by Gasteiger charge is -2.36. The maximum Gasteiger partial charge on any atom is 0.412 e. The lowest BCUT2D eigenvalue weighted by atomic mass is 9.81. The third-order valence-corrected chi connectivity index (χ3v) is 3.75. The first-order valence-electron chi connectivity index (χ1n) is 7.68. The molecule has 7 heteroatoms. The molecule has 0 spiro atoms. The van der Waals surface area contributed by atoms with Crippen LogP contribution < -0.4 is 0 Å². The van der Waals surface area contributed by atoms with Crippen molar-refractivity contribution >= 4 is 18.1 Å². The van der Waals surface area contributed by atoms with Crippen molar-refractivity contribution in [1.82, 2.24) is 4.90 Å². The number of rotatable bonds is 4. The molecule has 1 fully saturated rings. The van der Waals surface area contributed by atoms with Crippen LogP contribution in [-0.4, -0.2) is 51.8 Å². The van der Waals surface area contributed by atoms with Crippen LogP contribution >= 0.6 is 0 Å². The van der Waals surface area contributed by atoms with Gasteiger partial charge in [-0.2, -0.15) is 4.79 Å². The van der Waals surface area contributed by atoms with Gasteiger partial charge in [0, 0.05) is 5.41 Å². The van der Waals surface area contributed by atoms with Gasteiger partial charge in [0.2, 0.25) is 5.78 Å². The van der Waals surface area contributed by atoms with E-state index in [2.05, 4.69) is 4.79 Å². The quantitative estimate of drug-likeness (QED) is 0.451. The minimum Gasteiger partial charge on any atom is -0.444 e. The number of nitrogens with zero attached hydrogens (tertiary/aromatic N) is 3. The SMILES string of the molecule is CC(C)(C)OC(=O)N1[C@@H](CC(C)(C)C(=O)C=[N+]=[N-])COC1(C)C. The zero-order valence-electron chi connectivity index (χ0n) is 15.0. The van der Waals surface area contributed by atoms with Gasteiger partial charge < -0.3 is 15.0 Å². The van der Waals surface area contributed by atoms with Gasteiger partial charge in [0.1, 0.15) is 11.3 Å². The molecule has 0 radical (unpaired) electrons. The van der Waals surface area contributed by atoms with Gasteiger partial charge in [-0.1, -0.05) is 13.8 Å². The van der Waals surface area contributed by atoms with E-state index in [-0.39, 0.29) is 11.8 Å². The standard InChI is InChI=1S/C16H27N3O4/c1-14(2,3)23-13(21)19-11(10-22-16(19,6)7)8-15(4,5)12(20)9-18-17/h9,11H,8,10H2,1-7H3/t11-/m0/s1. The van der Waals surface area contributed by atoms with E-state index in [1.165, 1.54) is 0 Å². The summed E-state index contributed by atoms with van der Waals surface area (Å²) in [7, 11) is 0. The van der Waals surface area contributed by atoms with Gasteiger partial charge in [-0.15, -0.1) is 0 Å². The second-order valence-corrected chi connectivity index (χ2v) is 7.96. The summed E-state index contributed by atoms with van der Waals surface area (Å²) in [6, 6.07) is -0.300. The number of ether oxygens (including phenoxy) is 2. The summed E-state index contributed by atoms with van der Waals surface area (Å²) in [6.07, 6.45) is 0.795. The Hall–Kier alpha value is -1.72. The molecule has 1 aliphatic heterocycles. The molecule has 0 aromatic rings. The lowest BCUT2D eigenvalue weighted by Crippen LogP contribution is -2.51. The van der Waals surface area contributed by atoms with Crippen LogP contribution in [0.5, 0.6) is 0 Å². The second-order valence-electron chi connectivity index (χ2n) is 7.96. The van der Waals surface area contributed by atoms with Crippen molar-refractivity contribution in [3.8, 4) is 0 Å². The molecule has 130 valence electrons. The van der Waals surface area contributed by atoms with E-state index in [1.54, 1.807) is 53.4 Å². The molecule has 0 aromatic carbocycles. The van der Waals surface area contributed by atoms with Crippen molar-refractivity contribution in [2.75, 3.05) is 6.61 Å². The highest BCUT2D eigenvalue weighted by atomic mass is 16.6. The normalized spacial score (nSPS) is 20.8. The fourth-order valence-electron chi connectivity index (χ4n) is 2.63. The molecule has 1 rings (SSSR count). The van der Waals surface area contributed by atoms with Gasteiger partial charge in [0.15, 0.2) is 0 Å². The fourth-order valence-corrected chi connectivity index (χ4v) is 2.63. The molecular weight excluding hydrogens is 298 g/mol. The minimum atomic E-state index is -0.808. The second kappa shape index (κ2) is 6.42. The van der Waals surface area contributed by atoms with Crippen LogP contribution in [0.3, 0.4) is 0 Å². The van der Waals surface area contributed by atoms with Crippen molar-refractivity contribution in [1.29, 1.82) is 0 Å². The van der Waals surface area contributed by atoms with Gasteiger partial charge in [-0.3, -0.25) is 9.69 Å². The van der Waals surface area contributed by atoms with Gasteiger partial charge >= 0.3 is 12.3 Å². The fraction of sp³-hybridized carbons (Fsp3) is 0.812. The summed E-state index contributed by atoms with van der Waals surface area (Å²) >= 11 is 0. The number of hydrogen-bond donors (Lipinski definition) is 0. The Morgan fingerprint density at radius 2 is 1.91 bits per heavy atom. The van der Waals surface area contributed by atoms with E-state index in [0.29, 0.717) is 13.0 Å². The van der Waals surface area contributed by atoms with E-state index in [9.17, 15) is 9.59 Å². The summed E-state index contributed by atoms with van der Waals surface area (Å²) in [5.41, 5.74) is 6.34. The van der Waals surface area contributed by atoms with E-state index in [1.807, 2.05) is 0 Å². The Morgan fingerprint density at radius 1 is 1.35 bits per heavy atom. The average Bonchev–Trinajstić information content (AvgIpc) is 2.61. The zero-order chi connectivity index (χ0) is 18.1. The third kappa shape index (κ3) is 4.88. The summed E-state index contributed by atoms with van der Waals surface area (Å²) in [6.45, 7) is 12.8. The van der Waals surface area contributed by atoms with Crippen molar-refractivity contribution in [3.63, 3.8) is 0 Å². The van der Waals surface area contributed by atoms with Crippen molar-refractivity contribution in [2.24, 2.45) is 5.41 Å². The highest BCUT2D eigenvalue weighted by Gasteiger charge is 2.48. The van der Waals surface area contributed by atoms with Crippen LogP contribution in [0, 0.1) is 5.41 Å². The molecule has 0 saturated carbocycles. The molecule has 23 heavy (non-hydrogen) atoms. The largest absolute Gasteiger partial charge is 0.444 e. The monoisotopic (exact) mass is 325 g/mol. The molecule has 1 amide bonds. The number of hydrogen-bond acceptors (Lipinski definition) is 4. The highest BCUT2D eigenvalue weighted by Crippen LogP contribution is 2.35. The van der Waals surface area contributed by atoms with Crippen LogP contribution in [0.1, 0.15) is 54.9 Å². The van der Waals surface area contributed by atoms with Crippen molar-refractivity contribution in [3.05, 3.63) is 5.53 Å². The summed E-state index contributed by atoms with van der Waals surface area (Å²) < 4.78 is 11.2. The molecule has 0 aromatic heterocycles. The van der Waals surface area contributed by atoms with Crippen LogP contribution in [0.2, 0.25) is 0 Å². The summed E-state index contributed by atoms with van der Waals surface area (Å²) in [5.74, 6) is -0.311.